The van der Waals surface area contributed by atoms with Gasteiger partial charge in [0.1, 0.15) is 6.04 Å². The van der Waals surface area contributed by atoms with Crippen LogP contribution < -0.4 is 15.4 Å². The zero-order chi connectivity index (χ0) is 25.9. The van der Waals surface area contributed by atoms with Gasteiger partial charge < -0.3 is 10.6 Å². The van der Waals surface area contributed by atoms with Crippen molar-refractivity contribution in [2.45, 2.75) is 54.9 Å². The van der Waals surface area contributed by atoms with Gasteiger partial charge in [0.2, 0.25) is 21.8 Å². The first kappa shape index (κ1) is 25.2. The molecule has 3 N–H and O–H groups in total. The third-order valence-electron chi connectivity index (χ3n) is 7.50. The van der Waals surface area contributed by atoms with Crippen molar-refractivity contribution >= 4 is 27.5 Å². The predicted molar refractivity (Wildman–Crippen MR) is 142 cm³/mol. The quantitative estimate of drug-likeness (QED) is 0.416. The number of fused-ring (bicyclic) bond motifs is 1. The molecule has 0 radical (unpaired) electrons. The molecule has 1 aliphatic carbocycles. The number of carbonyl (C=O) groups excluding carboxylic acids is 2. The normalized spacial score (nSPS) is 17.5. The lowest BCUT2D eigenvalue weighted by atomic mass is 9.79. The number of amides is 2. The van der Waals surface area contributed by atoms with Crippen molar-refractivity contribution in [3.05, 3.63) is 95.6 Å². The molecule has 1 unspecified atom stereocenters. The summed E-state index contributed by atoms with van der Waals surface area (Å²) in [5.74, 6) is -0.472. The summed E-state index contributed by atoms with van der Waals surface area (Å²) >= 11 is 0. The number of benzene rings is 3. The highest BCUT2D eigenvalue weighted by Gasteiger charge is 2.37. The number of nitrogens with one attached hydrogen (secondary N) is 3. The summed E-state index contributed by atoms with van der Waals surface area (Å²) in [6, 6.07) is 22.7. The van der Waals surface area contributed by atoms with Gasteiger partial charge in [-0.3, -0.25) is 9.59 Å². The van der Waals surface area contributed by atoms with Gasteiger partial charge in [-0.05, 0) is 54.2 Å². The van der Waals surface area contributed by atoms with Crippen LogP contribution in [0.15, 0.2) is 83.8 Å². The number of carbonyl (C=O) groups is 2. The monoisotopic (exact) mass is 517 g/mol. The average molecular weight is 518 g/mol. The molecule has 7 nitrogen and oxygen atoms in total. The van der Waals surface area contributed by atoms with Crippen LogP contribution in [0.2, 0.25) is 0 Å². The Morgan fingerprint density at radius 1 is 0.919 bits per heavy atom. The fraction of sp³-hybridized carbons (Fsp3) is 0.310. The summed E-state index contributed by atoms with van der Waals surface area (Å²) in [7, 11) is -4.03. The summed E-state index contributed by atoms with van der Waals surface area (Å²) in [5, 5.41) is 5.84. The molecule has 8 heteroatoms. The van der Waals surface area contributed by atoms with E-state index >= 15 is 0 Å². The molecule has 2 aliphatic rings. The molecule has 3 aromatic carbocycles. The molecule has 1 fully saturated rings. The fourth-order valence-electron chi connectivity index (χ4n) is 5.44. The van der Waals surface area contributed by atoms with E-state index in [4.69, 9.17) is 0 Å². The van der Waals surface area contributed by atoms with E-state index in [1.807, 2.05) is 24.3 Å². The maximum absolute atomic E-state index is 13.6. The Hall–Kier alpha value is -3.49. The molecular formula is C29H31N3O4S. The number of anilines is 1. The Kier molecular flexibility index (Phi) is 7.13. The van der Waals surface area contributed by atoms with Gasteiger partial charge >= 0.3 is 0 Å². The van der Waals surface area contributed by atoms with Crippen molar-refractivity contribution in [2.75, 3.05) is 11.9 Å². The first-order valence-corrected chi connectivity index (χ1v) is 14.2. The van der Waals surface area contributed by atoms with Crippen LogP contribution in [0.1, 0.15) is 54.8 Å². The molecule has 192 valence electrons. The van der Waals surface area contributed by atoms with Gasteiger partial charge in [0.05, 0.1) is 4.90 Å². The van der Waals surface area contributed by atoms with E-state index in [2.05, 4.69) is 27.5 Å². The van der Waals surface area contributed by atoms with Crippen molar-refractivity contribution in [3.63, 3.8) is 0 Å². The molecule has 5 rings (SSSR count). The van der Waals surface area contributed by atoms with Crippen LogP contribution in [0.4, 0.5) is 5.69 Å². The van der Waals surface area contributed by atoms with E-state index < -0.39 is 16.1 Å². The molecule has 0 bridgehead atoms. The number of rotatable bonds is 8. The van der Waals surface area contributed by atoms with Crippen LogP contribution in [0.25, 0.3) is 0 Å². The molecule has 3 aromatic rings. The van der Waals surface area contributed by atoms with Gasteiger partial charge in [-0.15, -0.1) is 0 Å². The van der Waals surface area contributed by atoms with Crippen LogP contribution in [0.3, 0.4) is 0 Å². The first-order valence-electron chi connectivity index (χ1n) is 12.7. The van der Waals surface area contributed by atoms with Crippen molar-refractivity contribution in [1.29, 1.82) is 0 Å². The van der Waals surface area contributed by atoms with Crippen LogP contribution in [-0.2, 0) is 31.4 Å². The van der Waals surface area contributed by atoms with Crippen molar-refractivity contribution < 1.29 is 18.0 Å². The molecule has 1 aliphatic heterocycles. The Morgan fingerprint density at radius 2 is 1.59 bits per heavy atom. The fourth-order valence-corrected chi connectivity index (χ4v) is 6.67. The maximum atomic E-state index is 13.6. The van der Waals surface area contributed by atoms with Gasteiger partial charge in [-0.2, -0.15) is 4.72 Å². The highest BCUT2D eigenvalue weighted by atomic mass is 32.2. The first-order chi connectivity index (χ1) is 17.9. The molecule has 1 atom stereocenters. The number of hydrogen-bond donors (Lipinski definition) is 3. The summed E-state index contributed by atoms with van der Waals surface area (Å²) in [6.07, 6.45) is 4.92. The lowest BCUT2D eigenvalue weighted by Crippen LogP contribution is -2.45. The van der Waals surface area contributed by atoms with Crippen LogP contribution >= 0.6 is 0 Å². The Bertz CT molecular complexity index is 1390. The minimum atomic E-state index is -4.03. The Balaban J connectivity index is 1.39. The SMILES string of the molecule is O=C1CCc2cc(S(=O)(=O)NC(C(=O)NCC3(c4ccccc4)CCCC3)c3ccccc3)ccc2N1. The third kappa shape index (κ3) is 5.45. The topological polar surface area (TPSA) is 104 Å². The second-order valence-electron chi connectivity index (χ2n) is 9.90. The lowest BCUT2D eigenvalue weighted by molar-refractivity contribution is -0.123. The van der Waals surface area contributed by atoms with E-state index in [0.29, 0.717) is 30.6 Å². The summed E-state index contributed by atoms with van der Waals surface area (Å²) in [5.41, 5.74) is 2.99. The highest BCUT2D eigenvalue weighted by molar-refractivity contribution is 7.89. The van der Waals surface area contributed by atoms with Crippen molar-refractivity contribution in [2.24, 2.45) is 0 Å². The van der Waals surface area contributed by atoms with E-state index in [0.717, 1.165) is 31.2 Å². The second-order valence-corrected chi connectivity index (χ2v) is 11.6. The summed E-state index contributed by atoms with van der Waals surface area (Å²) in [6.45, 7) is 0.444. The lowest BCUT2D eigenvalue weighted by Gasteiger charge is -2.31. The summed E-state index contributed by atoms with van der Waals surface area (Å²) in [4.78, 5) is 25.3. The number of hydrogen-bond acceptors (Lipinski definition) is 4. The third-order valence-corrected chi connectivity index (χ3v) is 8.92. The van der Waals surface area contributed by atoms with Crippen LogP contribution in [0, 0.1) is 0 Å². The second kappa shape index (κ2) is 10.5. The minimum absolute atomic E-state index is 0.0627. The zero-order valence-electron chi connectivity index (χ0n) is 20.6. The Morgan fingerprint density at radius 3 is 2.30 bits per heavy atom. The summed E-state index contributed by atoms with van der Waals surface area (Å²) < 4.78 is 29.5. The molecular weight excluding hydrogens is 486 g/mol. The highest BCUT2D eigenvalue weighted by Crippen LogP contribution is 2.40. The molecule has 0 aromatic heterocycles. The molecule has 0 spiro atoms. The molecule has 1 saturated carbocycles. The van der Waals surface area contributed by atoms with Crippen LogP contribution in [-0.4, -0.2) is 26.8 Å². The number of aryl methyl sites for hydroxylation is 1. The van der Waals surface area contributed by atoms with Gasteiger partial charge in [0.25, 0.3) is 0 Å². The van der Waals surface area contributed by atoms with Crippen molar-refractivity contribution in [1.82, 2.24) is 10.0 Å². The van der Waals surface area contributed by atoms with E-state index in [1.54, 1.807) is 36.4 Å². The van der Waals surface area contributed by atoms with Crippen molar-refractivity contribution in [3.8, 4) is 0 Å². The largest absolute Gasteiger partial charge is 0.354 e. The Labute approximate surface area is 217 Å². The van der Waals surface area contributed by atoms with Gasteiger partial charge in [0.15, 0.2) is 0 Å². The smallest absolute Gasteiger partial charge is 0.242 e. The molecule has 1 heterocycles. The molecule has 2 amide bonds. The van der Waals surface area contributed by atoms with Crippen LogP contribution in [0.5, 0.6) is 0 Å². The minimum Gasteiger partial charge on any atom is -0.354 e. The average Bonchev–Trinajstić information content (AvgIpc) is 3.41. The predicted octanol–water partition coefficient (Wildman–Crippen LogP) is 4.22. The standard InChI is InChI=1S/C29H31N3O4S/c33-26-16-13-22-19-24(14-15-25(22)31-26)37(35,36)32-27(21-9-3-1-4-10-21)28(34)30-20-29(17-7-8-18-29)23-11-5-2-6-12-23/h1-6,9-12,14-15,19,27,32H,7-8,13,16-18,20H2,(H,30,34)(H,31,33). The zero-order valence-corrected chi connectivity index (χ0v) is 21.4. The van der Waals surface area contributed by atoms with Gasteiger partial charge in [-0.1, -0.05) is 73.5 Å². The van der Waals surface area contributed by atoms with E-state index in [1.165, 1.54) is 11.6 Å². The maximum Gasteiger partial charge on any atom is 0.242 e. The van der Waals surface area contributed by atoms with E-state index in [9.17, 15) is 18.0 Å². The molecule has 37 heavy (non-hydrogen) atoms. The molecule has 0 saturated heterocycles. The van der Waals surface area contributed by atoms with E-state index in [-0.39, 0.29) is 22.1 Å². The number of sulfonamides is 1. The van der Waals surface area contributed by atoms with Gasteiger partial charge in [0, 0.05) is 24.1 Å². The van der Waals surface area contributed by atoms with Gasteiger partial charge in [-0.25, -0.2) is 8.42 Å².